The van der Waals surface area contributed by atoms with E-state index in [1.54, 1.807) is 24.6 Å². The second kappa shape index (κ2) is 9.64. The Labute approximate surface area is 155 Å². The fourth-order valence-electron chi connectivity index (χ4n) is 3.06. The molecule has 0 bridgehead atoms. The van der Waals surface area contributed by atoms with Gasteiger partial charge in [0.15, 0.2) is 0 Å². The monoisotopic (exact) mass is 381 g/mol. The van der Waals surface area contributed by atoms with Gasteiger partial charge in [0.2, 0.25) is 10.0 Å². The maximum absolute atomic E-state index is 12.5. The number of nitriles is 1. The average molecular weight is 381 g/mol. The molecule has 7 nitrogen and oxygen atoms in total. The third-order valence-corrected chi connectivity index (χ3v) is 6.36. The number of methoxy groups -OCH3 is 2. The predicted octanol–water partition coefficient (Wildman–Crippen LogP) is 2.60. The molecule has 0 radical (unpaired) electrons. The van der Waals surface area contributed by atoms with Gasteiger partial charge in [-0.05, 0) is 25.7 Å². The summed E-state index contributed by atoms with van der Waals surface area (Å²) in [6, 6.07) is 7.63. The molecule has 26 heavy (non-hydrogen) atoms. The number of nitrogens with zero attached hydrogens (tertiary/aromatic N) is 2. The lowest BCUT2D eigenvalue weighted by molar-refractivity contribution is 0.326. The minimum absolute atomic E-state index is 0.0365. The molecular formula is C18H27N3O4S. The number of unbranched alkanes of at least 4 members (excludes halogenated alkanes) is 2. The van der Waals surface area contributed by atoms with Crippen molar-refractivity contribution in [1.29, 1.82) is 5.26 Å². The zero-order valence-corrected chi connectivity index (χ0v) is 16.2. The van der Waals surface area contributed by atoms with Crippen LogP contribution in [0.4, 0.5) is 5.69 Å². The van der Waals surface area contributed by atoms with Gasteiger partial charge < -0.3 is 14.8 Å². The van der Waals surface area contributed by atoms with Crippen LogP contribution in [0.15, 0.2) is 18.2 Å². The van der Waals surface area contributed by atoms with Crippen LogP contribution < -0.4 is 14.8 Å². The second-order valence-electron chi connectivity index (χ2n) is 6.37. The summed E-state index contributed by atoms with van der Waals surface area (Å²) in [6.07, 6.45) is 3.26. The maximum atomic E-state index is 12.5. The number of piperidine rings is 1. The molecule has 144 valence electrons. The third-order valence-electron chi connectivity index (χ3n) is 4.44. The van der Waals surface area contributed by atoms with Crippen molar-refractivity contribution < 1.29 is 17.9 Å². The largest absolute Gasteiger partial charge is 0.497 e. The van der Waals surface area contributed by atoms with Gasteiger partial charge in [-0.15, -0.1) is 0 Å². The zero-order valence-electron chi connectivity index (χ0n) is 15.4. The first-order valence-corrected chi connectivity index (χ1v) is 10.4. The molecule has 0 amide bonds. The van der Waals surface area contributed by atoms with Crippen LogP contribution in [0.5, 0.6) is 11.5 Å². The van der Waals surface area contributed by atoms with Crippen molar-refractivity contribution in [2.24, 2.45) is 0 Å². The van der Waals surface area contributed by atoms with Gasteiger partial charge in [-0.25, -0.2) is 8.42 Å². The molecule has 1 saturated heterocycles. The van der Waals surface area contributed by atoms with Crippen LogP contribution in [-0.2, 0) is 10.0 Å². The summed E-state index contributed by atoms with van der Waals surface area (Å²) in [6.45, 7) is 1.00. The van der Waals surface area contributed by atoms with Crippen molar-refractivity contribution in [2.75, 3.05) is 38.4 Å². The Balaban J connectivity index is 1.99. The molecule has 2 rings (SSSR count). The fraction of sp³-hybridized carbons (Fsp3) is 0.611. The molecule has 1 atom stereocenters. The van der Waals surface area contributed by atoms with Crippen molar-refractivity contribution in [3.8, 4) is 17.6 Å². The third kappa shape index (κ3) is 5.78. The van der Waals surface area contributed by atoms with Crippen LogP contribution >= 0.6 is 0 Å². The van der Waals surface area contributed by atoms with E-state index in [1.165, 1.54) is 0 Å². The Hall–Kier alpha value is -1.98. The van der Waals surface area contributed by atoms with Crippen molar-refractivity contribution in [3.05, 3.63) is 18.2 Å². The summed E-state index contributed by atoms with van der Waals surface area (Å²) in [7, 11) is -0.0861. The molecule has 1 heterocycles. The molecule has 0 spiro atoms. The van der Waals surface area contributed by atoms with E-state index in [0.29, 0.717) is 43.9 Å². The first kappa shape index (κ1) is 20.3. The van der Waals surface area contributed by atoms with Crippen LogP contribution in [-0.4, -0.2) is 51.8 Å². The number of benzene rings is 1. The van der Waals surface area contributed by atoms with Gasteiger partial charge in [0.05, 0.1) is 26.0 Å². The SMILES string of the molecule is COc1cc(N[C@H]2CCCN(S(=O)(=O)CCCCC#N)C2)cc(OC)c1. The molecule has 1 N–H and O–H groups in total. The first-order chi connectivity index (χ1) is 12.5. The van der Waals surface area contributed by atoms with Gasteiger partial charge >= 0.3 is 0 Å². The van der Waals surface area contributed by atoms with Crippen molar-refractivity contribution >= 4 is 15.7 Å². The smallest absolute Gasteiger partial charge is 0.214 e. The molecule has 0 aliphatic carbocycles. The molecule has 1 aliphatic heterocycles. The number of sulfonamides is 1. The van der Waals surface area contributed by atoms with E-state index < -0.39 is 10.0 Å². The van der Waals surface area contributed by atoms with Crippen LogP contribution in [0.3, 0.4) is 0 Å². The molecule has 0 saturated carbocycles. The Morgan fingerprint density at radius 3 is 2.54 bits per heavy atom. The van der Waals surface area contributed by atoms with E-state index in [4.69, 9.17) is 14.7 Å². The minimum atomic E-state index is -3.28. The van der Waals surface area contributed by atoms with Crippen LogP contribution in [0, 0.1) is 11.3 Å². The number of anilines is 1. The highest BCUT2D eigenvalue weighted by Crippen LogP contribution is 2.27. The van der Waals surface area contributed by atoms with Crippen molar-refractivity contribution in [1.82, 2.24) is 4.31 Å². The maximum Gasteiger partial charge on any atom is 0.214 e. The van der Waals surface area contributed by atoms with E-state index in [9.17, 15) is 8.42 Å². The van der Waals surface area contributed by atoms with Gasteiger partial charge in [0.1, 0.15) is 11.5 Å². The molecule has 1 aromatic rings. The Morgan fingerprint density at radius 2 is 1.92 bits per heavy atom. The quantitative estimate of drug-likeness (QED) is 0.661. The molecule has 1 aromatic carbocycles. The number of nitrogens with one attached hydrogen (secondary N) is 1. The molecule has 0 aromatic heterocycles. The molecule has 1 fully saturated rings. The van der Waals surface area contributed by atoms with E-state index >= 15 is 0 Å². The molecule has 0 unspecified atom stereocenters. The van der Waals surface area contributed by atoms with Crippen LogP contribution in [0.1, 0.15) is 32.1 Å². The summed E-state index contributed by atoms with van der Waals surface area (Å²) in [5.41, 5.74) is 0.847. The van der Waals surface area contributed by atoms with E-state index in [1.807, 2.05) is 18.2 Å². The first-order valence-electron chi connectivity index (χ1n) is 8.83. The van der Waals surface area contributed by atoms with Crippen LogP contribution in [0.2, 0.25) is 0 Å². The van der Waals surface area contributed by atoms with Gasteiger partial charge in [0.25, 0.3) is 0 Å². The zero-order chi connectivity index (χ0) is 19.0. The van der Waals surface area contributed by atoms with Gasteiger partial charge in [0, 0.05) is 49.4 Å². The number of ether oxygens (including phenoxy) is 2. The highest BCUT2D eigenvalue weighted by Gasteiger charge is 2.28. The summed E-state index contributed by atoms with van der Waals surface area (Å²) in [4.78, 5) is 0. The second-order valence-corrected chi connectivity index (χ2v) is 8.46. The molecule has 8 heteroatoms. The van der Waals surface area contributed by atoms with E-state index in [-0.39, 0.29) is 11.8 Å². The number of hydrogen-bond acceptors (Lipinski definition) is 6. The van der Waals surface area contributed by atoms with E-state index in [2.05, 4.69) is 5.32 Å². The predicted molar refractivity (Wildman–Crippen MR) is 101 cm³/mol. The lowest BCUT2D eigenvalue weighted by Crippen LogP contribution is -2.45. The summed E-state index contributed by atoms with van der Waals surface area (Å²) in [5.74, 6) is 1.48. The average Bonchev–Trinajstić information content (AvgIpc) is 2.65. The lowest BCUT2D eigenvalue weighted by Gasteiger charge is -2.33. The summed E-state index contributed by atoms with van der Waals surface area (Å²) >= 11 is 0. The Morgan fingerprint density at radius 1 is 1.23 bits per heavy atom. The molecule has 1 aliphatic rings. The highest BCUT2D eigenvalue weighted by atomic mass is 32.2. The molecular weight excluding hydrogens is 354 g/mol. The standard InChI is InChI=1S/C18H27N3O4S/c1-24-17-11-16(12-18(13-17)25-2)20-15-7-6-9-21(14-15)26(22,23)10-5-3-4-8-19/h11-13,15,20H,3-7,9-10,14H2,1-2H3/t15-/m0/s1. The summed E-state index contributed by atoms with van der Waals surface area (Å²) in [5, 5.41) is 12.0. The number of hydrogen-bond donors (Lipinski definition) is 1. The number of rotatable bonds is 9. The Kier molecular flexibility index (Phi) is 7.54. The van der Waals surface area contributed by atoms with Crippen molar-refractivity contribution in [2.45, 2.75) is 38.1 Å². The van der Waals surface area contributed by atoms with Gasteiger partial charge in [-0.2, -0.15) is 9.57 Å². The fourth-order valence-corrected chi connectivity index (χ4v) is 4.70. The topological polar surface area (TPSA) is 91.7 Å². The lowest BCUT2D eigenvalue weighted by atomic mass is 10.1. The van der Waals surface area contributed by atoms with Crippen molar-refractivity contribution in [3.63, 3.8) is 0 Å². The van der Waals surface area contributed by atoms with Crippen LogP contribution in [0.25, 0.3) is 0 Å². The minimum Gasteiger partial charge on any atom is -0.497 e. The van der Waals surface area contributed by atoms with E-state index in [0.717, 1.165) is 18.5 Å². The highest BCUT2D eigenvalue weighted by molar-refractivity contribution is 7.89. The van der Waals surface area contributed by atoms with Gasteiger partial charge in [-0.1, -0.05) is 0 Å². The Bertz CT molecular complexity index is 708. The van der Waals surface area contributed by atoms with Gasteiger partial charge in [-0.3, -0.25) is 0 Å². The normalized spacial score (nSPS) is 18.1. The summed E-state index contributed by atoms with van der Waals surface area (Å²) < 4.78 is 37.2.